The molecule has 0 saturated carbocycles. The monoisotopic (exact) mass is 184 g/mol. The van der Waals surface area contributed by atoms with Gasteiger partial charge in [0.15, 0.2) is 0 Å². The van der Waals surface area contributed by atoms with Crippen LogP contribution in [-0.4, -0.2) is 30.2 Å². The van der Waals surface area contributed by atoms with Crippen molar-refractivity contribution < 1.29 is 14.3 Å². The summed E-state index contributed by atoms with van der Waals surface area (Å²) >= 11 is 0. The third-order valence-corrected chi connectivity index (χ3v) is 2.65. The van der Waals surface area contributed by atoms with E-state index in [4.69, 9.17) is 4.74 Å². The number of urea groups is 1. The molecule has 0 radical (unpaired) electrons. The van der Waals surface area contributed by atoms with Gasteiger partial charge in [0.2, 0.25) is 0 Å². The number of amides is 3. The molecule has 0 aromatic rings. The summed E-state index contributed by atoms with van der Waals surface area (Å²) in [5.41, 5.74) is -0.867. The molecule has 0 aliphatic carbocycles. The Morgan fingerprint density at radius 1 is 1.54 bits per heavy atom. The molecule has 2 rings (SSSR count). The van der Waals surface area contributed by atoms with Crippen LogP contribution in [0.4, 0.5) is 4.79 Å². The highest BCUT2D eigenvalue weighted by Gasteiger charge is 2.49. The van der Waals surface area contributed by atoms with Crippen molar-refractivity contribution in [3.8, 4) is 0 Å². The Morgan fingerprint density at radius 2 is 2.31 bits per heavy atom. The molecule has 0 aromatic carbocycles. The molecule has 2 atom stereocenters. The standard InChI is InChI=1S/C8H12N2O3/c1-8(5-3-2-4-13-5)6(11)9-7(12)10-8/h5H,2-4H2,1H3,(H2,9,10,11,12). The topological polar surface area (TPSA) is 67.4 Å². The lowest BCUT2D eigenvalue weighted by molar-refractivity contribution is -0.127. The summed E-state index contributed by atoms with van der Waals surface area (Å²) in [5, 5.41) is 4.81. The van der Waals surface area contributed by atoms with E-state index in [9.17, 15) is 9.59 Å². The molecule has 0 spiro atoms. The summed E-state index contributed by atoms with van der Waals surface area (Å²) in [5.74, 6) is -0.288. The molecule has 2 N–H and O–H groups in total. The number of rotatable bonds is 1. The van der Waals surface area contributed by atoms with Gasteiger partial charge in [-0.2, -0.15) is 0 Å². The molecule has 2 aliphatic rings. The Bertz CT molecular complexity index is 260. The maximum atomic E-state index is 11.4. The first-order chi connectivity index (χ1) is 6.13. The van der Waals surface area contributed by atoms with E-state index < -0.39 is 11.6 Å². The van der Waals surface area contributed by atoms with Gasteiger partial charge in [0.1, 0.15) is 5.54 Å². The lowest BCUT2D eigenvalue weighted by atomic mass is 9.93. The fourth-order valence-electron chi connectivity index (χ4n) is 1.82. The normalized spacial score (nSPS) is 39.0. The average Bonchev–Trinajstić information content (AvgIpc) is 2.61. The van der Waals surface area contributed by atoms with Crippen molar-refractivity contribution in [2.24, 2.45) is 0 Å². The van der Waals surface area contributed by atoms with E-state index in [1.54, 1.807) is 6.92 Å². The molecule has 0 bridgehead atoms. The first-order valence-electron chi connectivity index (χ1n) is 4.38. The number of nitrogens with one attached hydrogen (secondary N) is 2. The van der Waals surface area contributed by atoms with Gasteiger partial charge in [0, 0.05) is 6.61 Å². The maximum absolute atomic E-state index is 11.4. The Morgan fingerprint density at radius 3 is 2.77 bits per heavy atom. The predicted molar refractivity (Wildman–Crippen MR) is 44.1 cm³/mol. The van der Waals surface area contributed by atoms with Crippen molar-refractivity contribution in [1.29, 1.82) is 0 Å². The van der Waals surface area contributed by atoms with Gasteiger partial charge in [-0.3, -0.25) is 10.1 Å². The van der Waals surface area contributed by atoms with Crippen molar-refractivity contribution >= 4 is 11.9 Å². The van der Waals surface area contributed by atoms with Crippen molar-refractivity contribution in [1.82, 2.24) is 10.6 Å². The summed E-state index contributed by atoms with van der Waals surface area (Å²) in [6, 6.07) is -0.428. The number of carbonyl (C=O) groups excluding carboxylic acids is 2. The first-order valence-corrected chi connectivity index (χ1v) is 4.38. The minimum Gasteiger partial charge on any atom is -0.375 e. The van der Waals surface area contributed by atoms with Crippen LogP contribution in [0.5, 0.6) is 0 Å². The van der Waals surface area contributed by atoms with E-state index in [2.05, 4.69) is 10.6 Å². The van der Waals surface area contributed by atoms with Gasteiger partial charge >= 0.3 is 6.03 Å². The van der Waals surface area contributed by atoms with Crippen LogP contribution >= 0.6 is 0 Å². The third-order valence-electron chi connectivity index (χ3n) is 2.65. The molecule has 5 heteroatoms. The lowest BCUT2D eigenvalue weighted by Gasteiger charge is -2.26. The van der Waals surface area contributed by atoms with Crippen molar-refractivity contribution in [2.45, 2.75) is 31.4 Å². The second-order valence-electron chi connectivity index (χ2n) is 3.61. The Hall–Kier alpha value is -1.10. The van der Waals surface area contributed by atoms with Crippen LogP contribution in [0.2, 0.25) is 0 Å². The fraction of sp³-hybridized carbons (Fsp3) is 0.750. The van der Waals surface area contributed by atoms with Gasteiger partial charge in [0.25, 0.3) is 5.91 Å². The Labute approximate surface area is 75.8 Å². The van der Waals surface area contributed by atoms with E-state index in [0.717, 1.165) is 12.8 Å². The molecule has 13 heavy (non-hydrogen) atoms. The van der Waals surface area contributed by atoms with Crippen LogP contribution in [0.1, 0.15) is 19.8 Å². The summed E-state index contributed by atoms with van der Waals surface area (Å²) in [7, 11) is 0. The highest BCUT2D eigenvalue weighted by molar-refractivity contribution is 6.07. The van der Waals surface area contributed by atoms with Crippen LogP contribution in [0.25, 0.3) is 0 Å². The van der Waals surface area contributed by atoms with Gasteiger partial charge < -0.3 is 10.1 Å². The van der Waals surface area contributed by atoms with Gasteiger partial charge in [-0.1, -0.05) is 0 Å². The third kappa shape index (κ3) is 1.19. The quantitative estimate of drug-likeness (QED) is 0.553. The van der Waals surface area contributed by atoms with Gasteiger partial charge in [-0.05, 0) is 19.8 Å². The zero-order valence-corrected chi connectivity index (χ0v) is 7.42. The van der Waals surface area contributed by atoms with Crippen molar-refractivity contribution in [3.05, 3.63) is 0 Å². The number of hydrogen-bond donors (Lipinski definition) is 2. The van der Waals surface area contributed by atoms with E-state index in [1.165, 1.54) is 0 Å². The molecular formula is C8H12N2O3. The number of carbonyl (C=O) groups is 2. The first kappa shape index (κ1) is 8.50. The van der Waals surface area contributed by atoms with Crippen molar-refractivity contribution in [3.63, 3.8) is 0 Å². The van der Waals surface area contributed by atoms with Crippen LogP contribution in [0.3, 0.4) is 0 Å². The minimum absolute atomic E-state index is 0.182. The van der Waals surface area contributed by atoms with Crippen LogP contribution in [0, 0.1) is 0 Å². The molecule has 2 saturated heterocycles. The molecule has 2 unspecified atom stereocenters. The Balaban J connectivity index is 2.18. The second-order valence-corrected chi connectivity index (χ2v) is 3.61. The van der Waals surface area contributed by atoms with Crippen LogP contribution in [-0.2, 0) is 9.53 Å². The summed E-state index contributed by atoms with van der Waals surface area (Å²) in [6.45, 7) is 2.37. The second kappa shape index (κ2) is 2.70. The van der Waals surface area contributed by atoms with Crippen molar-refractivity contribution in [2.75, 3.05) is 6.61 Å². The van der Waals surface area contributed by atoms with Gasteiger partial charge in [0.05, 0.1) is 6.10 Å². The van der Waals surface area contributed by atoms with E-state index in [-0.39, 0.29) is 12.0 Å². The minimum atomic E-state index is -0.867. The van der Waals surface area contributed by atoms with Gasteiger partial charge in [-0.25, -0.2) is 4.79 Å². The molecule has 2 aliphatic heterocycles. The summed E-state index contributed by atoms with van der Waals surface area (Å²) in [6.07, 6.45) is 1.59. The van der Waals surface area contributed by atoms with E-state index in [1.807, 2.05) is 0 Å². The lowest BCUT2D eigenvalue weighted by Crippen LogP contribution is -2.53. The van der Waals surface area contributed by atoms with E-state index in [0.29, 0.717) is 6.61 Å². The van der Waals surface area contributed by atoms with Crippen LogP contribution < -0.4 is 10.6 Å². The molecule has 5 nitrogen and oxygen atoms in total. The number of ether oxygens (including phenoxy) is 1. The largest absolute Gasteiger partial charge is 0.375 e. The van der Waals surface area contributed by atoms with Gasteiger partial charge in [-0.15, -0.1) is 0 Å². The molecule has 2 fully saturated rings. The maximum Gasteiger partial charge on any atom is 0.322 e. The smallest absolute Gasteiger partial charge is 0.322 e. The fourth-order valence-corrected chi connectivity index (χ4v) is 1.82. The average molecular weight is 184 g/mol. The zero-order valence-electron chi connectivity index (χ0n) is 7.42. The molecule has 72 valence electrons. The summed E-state index contributed by atoms with van der Waals surface area (Å²) in [4.78, 5) is 22.3. The molecular weight excluding hydrogens is 172 g/mol. The number of imide groups is 1. The highest BCUT2D eigenvalue weighted by atomic mass is 16.5. The van der Waals surface area contributed by atoms with E-state index >= 15 is 0 Å². The number of hydrogen-bond acceptors (Lipinski definition) is 3. The molecule has 3 amide bonds. The SMILES string of the molecule is CC1(C2CCCO2)NC(=O)NC1=O. The molecule has 2 heterocycles. The Kier molecular flexibility index (Phi) is 1.76. The van der Waals surface area contributed by atoms with Crippen LogP contribution in [0.15, 0.2) is 0 Å². The highest BCUT2D eigenvalue weighted by Crippen LogP contribution is 2.26. The zero-order chi connectivity index (χ0) is 9.47. The molecule has 0 aromatic heterocycles. The summed E-state index contributed by atoms with van der Waals surface area (Å²) < 4.78 is 5.38. The predicted octanol–water partition coefficient (Wildman–Crippen LogP) is -0.237.